The van der Waals surface area contributed by atoms with Crippen molar-refractivity contribution in [3.05, 3.63) is 92.2 Å². The van der Waals surface area contributed by atoms with Crippen molar-refractivity contribution < 1.29 is 4.79 Å². The normalized spacial score (nSPS) is 14.9. The molecule has 2 nitrogen and oxygen atoms in total. The van der Waals surface area contributed by atoms with E-state index in [1.807, 2.05) is 24.3 Å². The van der Waals surface area contributed by atoms with Crippen LogP contribution in [0.3, 0.4) is 0 Å². The van der Waals surface area contributed by atoms with Crippen LogP contribution in [0.15, 0.2) is 58.6 Å². The summed E-state index contributed by atoms with van der Waals surface area (Å²) in [6, 6.07) is 16.4. The lowest BCUT2D eigenvalue weighted by molar-refractivity contribution is 0.104. The molecule has 0 atom stereocenters. The van der Waals surface area contributed by atoms with Gasteiger partial charge in [0, 0.05) is 39.1 Å². The van der Waals surface area contributed by atoms with Crippen molar-refractivity contribution in [2.75, 3.05) is 0 Å². The number of hydrogen-bond acceptors (Lipinski definition) is 1. The molecule has 0 bridgehead atoms. The monoisotopic (exact) mass is 405 g/mol. The number of Topliss-reactive ketones (excluding diaryl/α,β-unsaturated/α-hetero) is 1. The van der Waals surface area contributed by atoms with E-state index >= 15 is 0 Å². The molecule has 0 saturated carbocycles. The van der Waals surface area contributed by atoms with E-state index in [-0.39, 0.29) is 5.78 Å². The molecule has 0 fully saturated rings. The van der Waals surface area contributed by atoms with E-state index in [9.17, 15) is 4.79 Å². The summed E-state index contributed by atoms with van der Waals surface area (Å²) in [4.78, 5) is 12.7. The molecule has 3 heteroatoms. The first-order valence-electron chi connectivity index (χ1n) is 8.74. The van der Waals surface area contributed by atoms with Crippen LogP contribution < -0.4 is 0 Å². The Hall–Kier alpha value is -2.39. The largest absolute Gasteiger partial charge is 0.318 e. The molecule has 2 aromatic carbocycles. The summed E-state index contributed by atoms with van der Waals surface area (Å²) < 4.78 is 3.34. The van der Waals surface area contributed by atoms with Gasteiger partial charge in [-0.1, -0.05) is 46.3 Å². The fourth-order valence-corrected chi connectivity index (χ4v) is 4.08. The predicted molar refractivity (Wildman–Crippen MR) is 110 cm³/mol. The van der Waals surface area contributed by atoms with Crippen LogP contribution in [0.2, 0.25) is 0 Å². The highest BCUT2D eigenvalue weighted by Crippen LogP contribution is 2.30. The molecule has 0 saturated heterocycles. The van der Waals surface area contributed by atoms with Gasteiger partial charge in [0.1, 0.15) is 0 Å². The van der Waals surface area contributed by atoms with Crippen molar-refractivity contribution >= 4 is 27.8 Å². The minimum atomic E-state index is 0.156. The molecule has 4 rings (SSSR count). The average molecular weight is 406 g/mol. The lowest BCUT2D eigenvalue weighted by atomic mass is 10.1. The molecular weight excluding hydrogens is 386 g/mol. The average Bonchev–Trinajstić information content (AvgIpc) is 3.08. The smallest absolute Gasteiger partial charge is 0.189 e. The van der Waals surface area contributed by atoms with Crippen LogP contribution in [0, 0.1) is 20.8 Å². The third kappa shape index (κ3) is 2.77. The second kappa shape index (κ2) is 6.40. The van der Waals surface area contributed by atoms with Gasteiger partial charge in [0.25, 0.3) is 0 Å². The van der Waals surface area contributed by atoms with E-state index < -0.39 is 0 Å². The maximum absolute atomic E-state index is 12.7. The molecule has 0 radical (unpaired) electrons. The SMILES string of the molecule is Cc1ccc(-n2c(C)cc(/C=C3\Cc4ccccc4C3=O)c2C)cc1Br. The van der Waals surface area contributed by atoms with E-state index in [4.69, 9.17) is 0 Å². The number of benzene rings is 2. The summed E-state index contributed by atoms with van der Waals surface area (Å²) in [5.74, 6) is 0.156. The number of carbonyl (C=O) groups is 1. The van der Waals surface area contributed by atoms with E-state index in [0.29, 0.717) is 0 Å². The van der Waals surface area contributed by atoms with Gasteiger partial charge in [0.05, 0.1) is 0 Å². The first kappa shape index (κ1) is 17.0. The van der Waals surface area contributed by atoms with Gasteiger partial charge in [-0.25, -0.2) is 0 Å². The topological polar surface area (TPSA) is 22.0 Å². The Kier molecular flexibility index (Phi) is 4.20. The van der Waals surface area contributed by atoms with Gasteiger partial charge < -0.3 is 4.57 Å². The number of allylic oxidation sites excluding steroid dienone is 1. The van der Waals surface area contributed by atoms with Gasteiger partial charge in [-0.05, 0) is 61.7 Å². The molecule has 0 N–H and O–H groups in total. The number of carbonyl (C=O) groups excluding carboxylic acids is 1. The maximum Gasteiger partial charge on any atom is 0.189 e. The first-order chi connectivity index (χ1) is 12.5. The zero-order valence-corrected chi connectivity index (χ0v) is 16.7. The molecule has 0 aliphatic heterocycles. The highest BCUT2D eigenvalue weighted by molar-refractivity contribution is 9.10. The van der Waals surface area contributed by atoms with E-state index in [1.54, 1.807) is 0 Å². The van der Waals surface area contributed by atoms with Crippen molar-refractivity contribution in [3.63, 3.8) is 0 Å². The molecule has 0 spiro atoms. The third-order valence-corrected chi connectivity index (χ3v) is 6.00. The lowest BCUT2D eigenvalue weighted by Crippen LogP contribution is -2.00. The number of aryl methyl sites for hydroxylation is 2. The van der Waals surface area contributed by atoms with Crippen LogP contribution in [0.25, 0.3) is 11.8 Å². The van der Waals surface area contributed by atoms with E-state index in [1.165, 1.54) is 5.56 Å². The van der Waals surface area contributed by atoms with Crippen LogP contribution in [-0.2, 0) is 6.42 Å². The number of halogens is 1. The number of rotatable bonds is 2. The van der Waals surface area contributed by atoms with Crippen molar-refractivity contribution in [3.8, 4) is 5.69 Å². The number of aromatic nitrogens is 1. The maximum atomic E-state index is 12.7. The Morgan fingerprint density at radius 1 is 1.04 bits per heavy atom. The van der Waals surface area contributed by atoms with E-state index in [0.717, 1.165) is 50.2 Å². The number of nitrogens with zero attached hydrogens (tertiary/aromatic N) is 1. The van der Waals surface area contributed by atoms with Crippen molar-refractivity contribution in [1.82, 2.24) is 4.57 Å². The van der Waals surface area contributed by atoms with Crippen LogP contribution in [0.5, 0.6) is 0 Å². The van der Waals surface area contributed by atoms with Crippen molar-refractivity contribution in [2.24, 2.45) is 0 Å². The van der Waals surface area contributed by atoms with Crippen molar-refractivity contribution in [1.29, 1.82) is 0 Å². The number of ketones is 1. The first-order valence-corrected chi connectivity index (χ1v) is 9.53. The molecule has 1 aliphatic carbocycles. The Labute approximate surface area is 162 Å². The third-order valence-electron chi connectivity index (χ3n) is 5.15. The molecule has 0 unspecified atom stereocenters. The highest BCUT2D eigenvalue weighted by Gasteiger charge is 2.24. The molecule has 3 aromatic rings. The van der Waals surface area contributed by atoms with Gasteiger partial charge in [-0.15, -0.1) is 0 Å². The molecule has 1 aliphatic rings. The highest BCUT2D eigenvalue weighted by atomic mass is 79.9. The summed E-state index contributed by atoms with van der Waals surface area (Å²) in [5, 5.41) is 0. The van der Waals surface area contributed by atoms with Gasteiger partial charge in [-0.2, -0.15) is 0 Å². The molecule has 130 valence electrons. The Balaban J connectivity index is 1.76. The summed E-state index contributed by atoms with van der Waals surface area (Å²) in [7, 11) is 0. The predicted octanol–water partition coefficient (Wildman–Crippen LogP) is 5.99. The fraction of sp³-hybridized carbons (Fsp3) is 0.174. The number of hydrogen-bond donors (Lipinski definition) is 0. The minimum Gasteiger partial charge on any atom is -0.318 e. The fourth-order valence-electron chi connectivity index (χ4n) is 3.71. The summed E-state index contributed by atoms with van der Waals surface area (Å²) in [6.07, 6.45) is 2.78. The Bertz CT molecular complexity index is 1070. The molecule has 1 aromatic heterocycles. The van der Waals surface area contributed by atoms with Crippen LogP contribution >= 0.6 is 15.9 Å². The standard InChI is InChI=1S/C23H20BrNO/c1-14-8-9-20(13-22(14)24)25-15(2)10-18(16(25)3)12-19-11-17-6-4-5-7-21(17)23(19)26/h4-10,12-13H,11H2,1-3H3/b19-12+. The van der Waals surface area contributed by atoms with Crippen LogP contribution in [-0.4, -0.2) is 10.4 Å². The summed E-state index contributed by atoms with van der Waals surface area (Å²) in [6.45, 7) is 6.30. The molecule has 1 heterocycles. The molecule has 0 amide bonds. The summed E-state index contributed by atoms with van der Waals surface area (Å²) in [5.41, 5.74) is 8.60. The summed E-state index contributed by atoms with van der Waals surface area (Å²) >= 11 is 3.62. The van der Waals surface area contributed by atoms with Crippen molar-refractivity contribution in [2.45, 2.75) is 27.2 Å². The van der Waals surface area contributed by atoms with Crippen LogP contribution in [0.1, 0.15) is 38.4 Å². The minimum absolute atomic E-state index is 0.156. The Morgan fingerprint density at radius 2 is 1.81 bits per heavy atom. The van der Waals surface area contributed by atoms with Crippen LogP contribution in [0.4, 0.5) is 0 Å². The number of fused-ring (bicyclic) bond motifs is 1. The zero-order chi connectivity index (χ0) is 18.4. The molecular formula is C23H20BrNO. The second-order valence-corrected chi connectivity index (χ2v) is 7.78. The van der Waals surface area contributed by atoms with E-state index in [2.05, 4.69) is 71.6 Å². The van der Waals surface area contributed by atoms with Gasteiger partial charge in [-0.3, -0.25) is 4.79 Å². The van der Waals surface area contributed by atoms with Gasteiger partial charge >= 0.3 is 0 Å². The lowest BCUT2D eigenvalue weighted by Gasteiger charge is -2.11. The van der Waals surface area contributed by atoms with Gasteiger partial charge in [0.2, 0.25) is 0 Å². The Morgan fingerprint density at radius 3 is 2.54 bits per heavy atom. The molecule has 26 heavy (non-hydrogen) atoms. The quantitative estimate of drug-likeness (QED) is 0.480. The zero-order valence-electron chi connectivity index (χ0n) is 15.1. The van der Waals surface area contributed by atoms with Gasteiger partial charge in [0.15, 0.2) is 5.78 Å². The second-order valence-electron chi connectivity index (χ2n) is 6.93.